The number of ether oxygens (including phenoxy) is 1. The molecule has 1 aliphatic rings. The Morgan fingerprint density at radius 2 is 2.11 bits per heavy atom. The number of hydrogen-bond donors (Lipinski definition) is 1. The summed E-state index contributed by atoms with van der Waals surface area (Å²) in [4.78, 5) is 2.45. The summed E-state index contributed by atoms with van der Waals surface area (Å²) in [5.74, 6) is 0.568. The van der Waals surface area contributed by atoms with Crippen LogP contribution < -0.4 is 5.32 Å². The second kappa shape index (κ2) is 7.04. The van der Waals surface area contributed by atoms with E-state index in [0.29, 0.717) is 18.0 Å². The highest BCUT2D eigenvalue weighted by Gasteiger charge is 2.24. The maximum Gasteiger partial charge on any atom is 0.0622 e. The fraction of sp³-hybridized carbons (Fsp3) is 0.625. The van der Waals surface area contributed by atoms with Gasteiger partial charge >= 0.3 is 0 Å². The van der Waals surface area contributed by atoms with Gasteiger partial charge in [0.2, 0.25) is 0 Å². The number of rotatable bonds is 6. The second-order valence-corrected chi connectivity index (χ2v) is 5.61. The van der Waals surface area contributed by atoms with Gasteiger partial charge in [-0.15, -0.1) is 0 Å². The average Bonchev–Trinajstić information content (AvgIpc) is 2.94. The van der Waals surface area contributed by atoms with Crippen molar-refractivity contribution in [2.24, 2.45) is 5.92 Å². The zero-order valence-corrected chi connectivity index (χ0v) is 12.3. The largest absolute Gasteiger partial charge is 0.380 e. The number of nitrogens with one attached hydrogen (secondary N) is 1. The van der Waals surface area contributed by atoms with Crippen LogP contribution in [-0.4, -0.2) is 44.8 Å². The molecule has 3 unspecified atom stereocenters. The summed E-state index contributed by atoms with van der Waals surface area (Å²) in [7, 11) is 4.26. The standard InChI is InChI=1S/C16H26N2O/c1-13(11-18(3)15-9-10-19-12-15)16(17-2)14-7-5-4-6-8-14/h4-8,13,15-17H,9-12H2,1-3H3. The SMILES string of the molecule is CNC(c1ccccc1)C(C)CN(C)C1CCOC1. The van der Waals surface area contributed by atoms with Gasteiger partial charge in [-0.3, -0.25) is 0 Å². The van der Waals surface area contributed by atoms with Crippen molar-refractivity contribution in [1.82, 2.24) is 10.2 Å². The smallest absolute Gasteiger partial charge is 0.0622 e. The molecule has 1 saturated heterocycles. The minimum Gasteiger partial charge on any atom is -0.380 e. The van der Waals surface area contributed by atoms with Gasteiger partial charge in [0, 0.05) is 25.2 Å². The molecule has 0 aliphatic carbocycles. The minimum atomic E-state index is 0.408. The van der Waals surface area contributed by atoms with E-state index in [4.69, 9.17) is 4.74 Å². The van der Waals surface area contributed by atoms with E-state index < -0.39 is 0 Å². The van der Waals surface area contributed by atoms with Crippen LogP contribution in [0.2, 0.25) is 0 Å². The number of hydrogen-bond acceptors (Lipinski definition) is 3. The molecule has 1 aliphatic heterocycles. The molecule has 3 heteroatoms. The first kappa shape index (κ1) is 14.5. The summed E-state index contributed by atoms with van der Waals surface area (Å²) in [5.41, 5.74) is 1.37. The molecular weight excluding hydrogens is 236 g/mol. The number of likely N-dealkylation sites (N-methyl/N-ethyl adjacent to an activating group) is 1. The molecule has 3 nitrogen and oxygen atoms in total. The van der Waals surface area contributed by atoms with Crippen molar-refractivity contribution < 1.29 is 4.74 Å². The summed E-state index contributed by atoms with van der Waals surface area (Å²) in [6.07, 6.45) is 1.17. The lowest BCUT2D eigenvalue weighted by Gasteiger charge is -2.31. The first-order chi connectivity index (χ1) is 9.22. The van der Waals surface area contributed by atoms with E-state index >= 15 is 0 Å². The maximum atomic E-state index is 5.47. The summed E-state index contributed by atoms with van der Waals surface area (Å²) < 4.78 is 5.47. The van der Waals surface area contributed by atoms with Crippen LogP contribution in [0.4, 0.5) is 0 Å². The van der Waals surface area contributed by atoms with Crippen LogP contribution in [0.5, 0.6) is 0 Å². The van der Waals surface area contributed by atoms with Crippen LogP contribution in [0.3, 0.4) is 0 Å². The molecule has 19 heavy (non-hydrogen) atoms. The van der Waals surface area contributed by atoms with Gasteiger partial charge < -0.3 is 15.0 Å². The van der Waals surface area contributed by atoms with Crippen LogP contribution in [0.25, 0.3) is 0 Å². The highest BCUT2D eigenvalue weighted by molar-refractivity contribution is 5.19. The molecular formula is C16H26N2O. The predicted octanol–water partition coefficient (Wildman–Crippen LogP) is 2.30. The molecule has 0 saturated carbocycles. The molecule has 0 spiro atoms. The lowest BCUT2D eigenvalue weighted by atomic mass is 9.94. The Labute approximate surface area is 116 Å². The van der Waals surface area contributed by atoms with Crippen molar-refractivity contribution in [3.63, 3.8) is 0 Å². The third kappa shape index (κ3) is 3.78. The molecule has 1 fully saturated rings. The summed E-state index contributed by atoms with van der Waals surface area (Å²) in [5, 5.41) is 3.46. The zero-order valence-electron chi connectivity index (χ0n) is 12.3. The van der Waals surface area contributed by atoms with Gasteiger partial charge in [0.1, 0.15) is 0 Å². The topological polar surface area (TPSA) is 24.5 Å². The molecule has 1 N–H and O–H groups in total. The molecule has 1 heterocycles. The number of benzene rings is 1. The van der Waals surface area contributed by atoms with Crippen molar-refractivity contribution in [2.45, 2.75) is 25.4 Å². The van der Waals surface area contributed by atoms with Crippen molar-refractivity contribution >= 4 is 0 Å². The number of nitrogens with zero attached hydrogens (tertiary/aromatic N) is 1. The normalized spacial score (nSPS) is 22.6. The van der Waals surface area contributed by atoms with E-state index in [-0.39, 0.29) is 0 Å². The van der Waals surface area contributed by atoms with E-state index in [9.17, 15) is 0 Å². The molecule has 0 radical (unpaired) electrons. The highest BCUT2D eigenvalue weighted by Crippen LogP contribution is 2.23. The Hall–Kier alpha value is -0.900. The lowest BCUT2D eigenvalue weighted by molar-refractivity contribution is 0.145. The molecule has 2 rings (SSSR count). The molecule has 3 atom stereocenters. The molecule has 106 valence electrons. The molecule has 0 bridgehead atoms. The zero-order chi connectivity index (χ0) is 13.7. The maximum absolute atomic E-state index is 5.47. The average molecular weight is 262 g/mol. The quantitative estimate of drug-likeness (QED) is 0.851. The Bertz CT molecular complexity index is 362. The van der Waals surface area contributed by atoms with Gasteiger partial charge in [-0.1, -0.05) is 37.3 Å². The van der Waals surface area contributed by atoms with Gasteiger partial charge in [0.05, 0.1) is 6.61 Å². The van der Waals surface area contributed by atoms with Crippen molar-refractivity contribution in [3.8, 4) is 0 Å². The second-order valence-electron chi connectivity index (χ2n) is 5.61. The summed E-state index contributed by atoms with van der Waals surface area (Å²) in [6, 6.07) is 11.7. The monoisotopic (exact) mass is 262 g/mol. The summed E-state index contributed by atoms with van der Waals surface area (Å²) in [6.45, 7) is 5.21. The lowest BCUT2D eigenvalue weighted by Crippen LogP contribution is -2.38. The van der Waals surface area contributed by atoms with E-state index in [1.807, 2.05) is 7.05 Å². The van der Waals surface area contributed by atoms with Gasteiger partial charge in [0.15, 0.2) is 0 Å². The van der Waals surface area contributed by atoms with Crippen LogP contribution in [0.15, 0.2) is 30.3 Å². The van der Waals surface area contributed by atoms with Crippen LogP contribution in [0, 0.1) is 5.92 Å². The minimum absolute atomic E-state index is 0.408. The first-order valence-electron chi connectivity index (χ1n) is 7.22. The summed E-state index contributed by atoms with van der Waals surface area (Å²) >= 11 is 0. The van der Waals surface area contributed by atoms with E-state index in [2.05, 4.69) is 54.5 Å². The van der Waals surface area contributed by atoms with Gasteiger partial charge in [-0.2, -0.15) is 0 Å². The van der Waals surface area contributed by atoms with Crippen molar-refractivity contribution in [1.29, 1.82) is 0 Å². The predicted molar refractivity (Wildman–Crippen MR) is 79.3 cm³/mol. The first-order valence-corrected chi connectivity index (χ1v) is 7.22. The van der Waals surface area contributed by atoms with E-state index in [1.54, 1.807) is 0 Å². The molecule has 0 aromatic heterocycles. The highest BCUT2D eigenvalue weighted by atomic mass is 16.5. The van der Waals surface area contributed by atoms with Crippen molar-refractivity contribution in [2.75, 3.05) is 33.9 Å². The Kier molecular flexibility index (Phi) is 5.37. The van der Waals surface area contributed by atoms with E-state index in [0.717, 1.165) is 19.8 Å². The third-order valence-corrected chi connectivity index (χ3v) is 4.14. The van der Waals surface area contributed by atoms with Gasteiger partial charge in [-0.05, 0) is 32.0 Å². The van der Waals surface area contributed by atoms with Crippen LogP contribution >= 0.6 is 0 Å². The fourth-order valence-electron chi connectivity index (χ4n) is 3.02. The third-order valence-electron chi connectivity index (χ3n) is 4.14. The Balaban J connectivity index is 1.95. The van der Waals surface area contributed by atoms with E-state index in [1.165, 1.54) is 12.0 Å². The van der Waals surface area contributed by atoms with Gasteiger partial charge in [-0.25, -0.2) is 0 Å². The fourth-order valence-corrected chi connectivity index (χ4v) is 3.02. The van der Waals surface area contributed by atoms with Crippen molar-refractivity contribution in [3.05, 3.63) is 35.9 Å². The Morgan fingerprint density at radius 1 is 1.37 bits per heavy atom. The molecule has 1 aromatic rings. The van der Waals surface area contributed by atoms with Crippen LogP contribution in [-0.2, 0) is 4.74 Å². The Morgan fingerprint density at radius 3 is 2.68 bits per heavy atom. The molecule has 1 aromatic carbocycles. The van der Waals surface area contributed by atoms with Gasteiger partial charge in [0.25, 0.3) is 0 Å². The molecule has 0 amide bonds. The van der Waals surface area contributed by atoms with Crippen LogP contribution in [0.1, 0.15) is 24.9 Å².